The number of ether oxygens (including phenoxy) is 2. The van der Waals surface area contributed by atoms with Crippen LogP contribution in [0.3, 0.4) is 0 Å². The van der Waals surface area contributed by atoms with Gasteiger partial charge in [0.15, 0.2) is 0 Å². The van der Waals surface area contributed by atoms with Crippen LogP contribution in [-0.2, 0) is 11.2 Å². The number of para-hydroxylation sites is 1. The Morgan fingerprint density at radius 3 is 3.05 bits per heavy atom. The first-order valence-electron chi connectivity index (χ1n) is 7.18. The Hall–Kier alpha value is -1.06. The predicted octanol–water partition coefficient (Wildman–Crippen LogP) is 2.60. The minimum atomic E-state index is 0.691. The van der Waals surface area contributed by atoms with Crippen LogP contribution < -0.4 is 4.74 Å². The fourth-order valence-electron chi connectivity index (χ4n) is 2.73. The van der Waals surface area contributed by atoms with Crippen LogP contribution in [0, 0.1) is 5.92 Å². The van der Waals surface area contributed by atoms with Gasteiger partial charge in [0.1, 0.15) is 5.75 Å². The zero-order valence-corrected chi connectivity index (χ0v) is 12.1. The van der Waals surface area contributed by atoms with Crippen molar-refractivity contribution in [1.29, 1.82) is 0 Å². The largest absolute Gasteiger partial charge is 0.493 e. The maximum Gasteiger partial charge on any atom is 0.122 e. The quantitative estimate of drug-likeness (QED) is 0.736. The van der Waals surface area contributed by atoms with Crippen molar-refractivity contribution in [2.45, 2.75) is 19.3 Å². The average molecular weight is 263 g/mol. The van der Waals surface area contributed by atoms with Gasteiger partial charge >= 0.3 is 0 Å². The third kappa shape index (κ3) is 4.51. The molecule has 19 heavy (non-hydrogen) atoms. The highest BCUT2D eigenvalue weighted by molar-refractivity contribution is 5.34. The van der Waals surface area contributed by atoms with Crippen LogP contribution in [0.1, 0.15) is 18.4 Å². The minimum Gasteiger partial charge on any atom is -0.493 e. The van der Waals surface area contributed by atoms with Gasteiger partial charge in [-0.1, -0.05) is 18.2 Å². The van der Waals surface area contributed by atoms with Crippen molar-refractivity contribution >= 4 is 0 Å². The summed E-state index contributed by atoms with van der Waals surface area (Å²) in [5.41, 5.74) is 1.36. The lowest BCUT2D eigenvalue weighted by molar-refractivity contribution is 0.171. The van der Waals surface area contributed by atoms with Crippen LogP contribution in [0.5, 0.6) is 5.75 Å². The number of hydrogen-bond donors (Lipinski definition) is 0. The second-order valence-corrected chi connectivity index (χ2v) is 5.42. The van der Waals surface area contributed by atoms with Gasteiger partial charge in [-0.2, -0.15) is 0 Å². The van der Waals surface area contributed by atoms with E-state index in [9.17, 15) is 0 Å². The Bertz CT molecular complexity index is 381. The summed E-state index contributed by atoms with van der Waals surface area (Å²) in [5.74, 6) is 1.77. The van der Waals surface area contributed by atoms with E-state index >= 15 is 0 Å². The molecule has 1 aliphatic rings. The number of rotatable bonds is 6. The third-order valence-electron chi connectivity index (χ3n) is 3.72. The van der Waals surface area contributed by atoms with E-state index in [0.29, 0.717) is 5.92 Å². The van der Waals surface area contributed by atoms with E-state index in [4.69, 9.17) is 9.47 Å². The molecular weight excluding hydrogens is 238 g/mol. The predicted molar refractivity (Wildman–Crippen MR) is 77.7 cm³/mol. The molecule has 0 bridgehead atoms. The standard InChI is InChI=1S/C16H25NO2/c1-17(9-5-10-18-2)13-14-8-11-19-16-7-4-3-6-15(16)12-14/h3-4,6-7,14H,5,8-13H2,1-2H3. The van der Waals surface area contributed by atoms with E-state index in [0.717, 1.165) is 51.3 Å². The smallest absolute Gasteiger partial charge is 0.122 e. The SMILES string of the molecule is COCCCN(C)CC1CCOc2ccccc2C1. The molecule has 0 aromatic heterocycles. The molecule has 0 N–H and O–H groups in total. The number of methoxy groups -OCH3 is 1. The lowest BCUT2D eigenvalue weighted by Crippen LogP contribution is -2.28. The summed E-state index contributed by atoms with van der Waals surface area (Å²) < 4.78 is 10.9. The molecule has 1 heterocycles. The summed E-state index contributed by atoms with van der Waals surface area (Å²) in [6.45, 7) is 3.93. The molecular formula is C16H25NO2. The van der Waals surface area contributed by atoms with Gasteiger partial charge in [0.25, 0.3) is 0 Å². The first kappa shape index (κ1) is 14.4. The van der Waals surface area contributed by atoms with Gasteiger partial charge in [-0.25, -0.2) is 0 Å². The molecule has 0 fully saturated rings. The fraction of sp³-hybridized carbons (Fsp3) is 0.625. The van der Waals surface area contributed by atoms with Crippen LogP contribution in [-0.4, -0.2) is 45.4 Å². The Balaban J connectivity index is 1.84. The molecule has 0 amide bonds. The summed E-state index contributed by atoms with van der Waals surface area (Å²) in [5, 5.41) is 0. The minimum absolute atomic E-state index is 0.691. The molecule has 106 valence electrons. The number of nitrogens with zero attached hydrogens (tertiary/aromatic N) is 1. The van der Waals surface area contributed by atoms with E-state index in [1.54, 1.807) is 7.11 Å². The number of hydrogen-bond acceptors (Lipinski definition) is 3. The van der Waals surface area contributed by atoms with Crippen LogP contribution in [0.15, 0.2) is 24.3 Å². The third-order valence-corrected chi connectivity index (χ3v) is 3.72. The van der Waals surface area contributed by atoms with Crippen LogP contribution in [0.4, 0.5) is 0 Å². The molecule has 0 saturated heterocycles. The number of benzene rings is 1. The Kier molecular flexibility index (Phi) is 5.67. The summed E-state index contributed by atoms with van der Waals surface area (Å²) in [7, 11) is 3.97. The molecule has 1 atom stereocenters. The van der Waals surface area contributed by atoms with Crippen LogP contribution in [0.25, 0.3) is 0 Å². The molecule has 1 aromatic carbocycles. The summed E-state index contributed by atoms with van der Waals surface area (Å²) in [6, 6.07) is 8.43. The highest BCUT2D eigenvalue weighted by atomic mass is 16.5. The second kappa shape index (κ2) is 7.51. The van der Waals surface area contributed by atoms with E-state index in [1.165, 1.54) is 5.56 Å². The second-order valence-electron chi connectivity index (χ2n) is 5.42. The maximum atomic E-state index is 5.82. The van der Waals surface area contributed by atoms with Crippen molar-refractivity contribution in [3.8, 4) is 5.75 Å². The van der Waals surface area contributed by atoms with Gasteiger partial charge < -0.3 is 14.4 Å². The Labute approximate surface area is 116 Å². The lowest BCUT2D eigenvalue weighted by Gasteiger charge is -2.22. The van der Waals surface area contributed by atoms with Crippen molar-refractivity contribution in [2.24, 2.45) is 5.92 Å². The van der Waals surface area contributed by atoms with Gasteiger partial charge in [-0.05, 0) is 43.9 Å². The molecule has 2 rings (SSSR count). The molecule has 3 heteroatoms. The molecule has 1 aliphatic heterocycles. The first-order chi connectivity index (χ1) is 9.29. The molecule has 1 unspecified atom stereocenters. The molecule has 0 radical (unpaired) electrons. The van der Waals surface area contributed by atoms with Crippen molar-refractivity contribution in [3.05, 3.63) is 29.8 Å². The van der Waals surface area contributed by atoms with Gasteiger partial charge in [0.05, 0.1) is 6.61 Å². The van der Waals surface area contributed by atoms with Gasteiger partial charge in [0.2, 0.25) is 0 Å². The zero-order valence-electron chi connectivity index (χ0n) is 12.1. The fourth-order valence-corrected chi connectivity index (χ4v) is 2.73. The normalized spacial score (nSPS) is 18.8. The first-order valence-corrected chi connectivity index (χ1v) is 7.18. The van der Waals surface area contributed by atoms with Crippen LogP contribution in [0.2, 0.25) is 0 Å². The van der Waals surface area contributed by atoms with Crippen molar-refractivity contribution in [3.63, 3.8) is 0 Å². The average Bonchev–Trinajstić information content (AvgIpc) is 2.60. The zero-order chi connectivity index (χ0) is 13.5. The highest BCUT2D eigenvalue weighted by Crippen LogP contribution is 2.26. The molecule has 1 aromatic rings. The molecule has 0 spiro atoms. The van der Waals surface area contributed by atoms with E-state index in [1.807, 2.05) is 0 Å². The van der Waals surface area contributed by atoms with Crippen molar-refractivity contribution in [1.82, 2.24) is 4.90 Å². The highest BCUT2D eigenvalue weighted by Gasteiger charge is 2.18. The van der Waals surface area contributed by atoms with Gasteiger partial charge in [-0.15, -0.1) is 0 Å². The lowest BCUT2D eigenvalue weighted by atomic mass is 9.96. The van der Waals surface area contributed by atoms with Gasteiger partial charge in [-0.3, -0.25) is 0 Å². The van der Waals surface area contributed by atoms with Crippen molar-refractivity contribution in [2.75, 3.05) is 40.5 Å². The Morgan fingerprint density at radius 2 is 2.21 bits per heavy atom. The number of fused-ring (bicyclic) bond motifs is 1. The summed E-state index contributed by atoms with van der Waals surface area (Å²) >= 11 is 0. The molecule has 0 aliphatic carbocycles. The van der Waals surface area contributed by atoms with E-state index in [2.05, 4.69) is 36.2 Å². The summed E-state index contributed by atoms with van der Waals surface area (Å²) in [6.07, 6.45) is 3.38. The topological polar surface area (TPSA) is 21.7 Å². The van der Waals surface area contributed by atoms with Crippen molar-refractivity contribution < 1.29 is 9.47 Å². The Morgan fingerprint density at radius 1 is 1.37 bits per heavy atom. The molecule has 0 saturated carbocycles. The molecule has 3 nitrogen and oxygen atoms in total. The van der Waals surface area contributed by atoms with Crippen LogP contribution >= 0.6 is 0 Å². The van der Waals surface area contributed by atoms with Gasteiger partial charge in [0, 0.05) is 26.8 Å². The van der Waals surface area contributed by atoms with E-state index in [-0.39, 0.29) is 0 Å². The van der Waals surface area contributed by atoms with E-state index < -0.39 is 0 Å². The maximum absolute atomic E-state index is 5.82. The monoisotopic (exact) mass is 263 g/mol. The summed E-state index contributed by atoms with van der Waals surface area (Å²) in [4.78, 5) is 2.41.